The van der Waals surface area contributed by atoms with E-state index in [1.54, 1.807) is 48.5 Å². The average Bonchev–Trinajstić information content (AvgIpc) is 2.91. The van der Waals surface area contributed by atoms with E-state index >= 15 is 0 Å². The number of imide groups is 1. The Morgan fingerprint density at radius 2 is 1.60 bits per heavy atom. The standard InChI is InChI=1S/C24H19NO5/c26-21(14-25-23(27)16-30-22-9-5-4-8-20(22)24(25)28)18-10-12-19(13-11-18)29-15-17-6-2-1-3-7-17/h1-13H,14-16H2. The third-order valence-electron chi connectivity index (χ3n) is 4.74. The van der Waals surface area contributed by atoms with Crippen molar-refractivity contribution in [1.82, 2.24) is 4.90 Å². The van der Waals surface area contributed by atoms with E-state index in [9.17, 15) is 14.4 Å². The summed E-state index contributed by atoms with van der Waals surface area (Å²) in [6, 6.07) is 23.0. The molecule has 3 aromatic rings. The van der Waals surface area contributed by atoms with Crippen molar-refractivity contribution in [3.05, 3.63) is 95.6 Å². The number of amides is 2. The first-order valence-corrected chi connectivity index (χ1v) is 9.48. The molecule has 3 aromatic carbocycles. The van der Waals surface area contributed by atoms with Gasteiger partial charge < -0.3 is 9.47 Å². The molecule has 0 bridgehead atoms. The van der Waals surface area contributed by atoms with E-state index in [2.05, 4.69) is 0 Å². The van der Waals surface area contributed by atoms with Crippen molar-refractivity contribution in [2.45, 2.75) is 6.61 Å². The zero-order valence-corrected chi connectivity index (χ0v) is 16.1. The van der Waals surface area contributed by atoms with Crippen LogP contribution in [-0.4, -0.2) is 35.6 Å². The largest absolute Gasteiger partial charge is 0.489 e. The van der Waals surface area contributed by atoms with E-state index in [0.29, 0.717) is 23.7 Å². The number of benzene rings is 3. The molecular formula is C24H19NO5. The molecular weight excluding hydrogens is 382 g/mol. The summed E-state index contributed by atoms with van der Waals surface area (Å²) >= 11 is 0. The van der Waals surface area contributed by atoms with Crippen molar-refractivity contribution in [3.63, 3.8) is 0 Å². The Bertz CT molecular complexity index is 1080. The summed E-state index contributed by atoms with van der Waals surface area (Å²) in [6.45, 7) is -0.216. The number of Topliss-reactive ketones (excluding diaryl/α,β-unsaturated/α-hetero) is 1. The van der Waals surface area contributed by atoms with E-state index in [4.69, 9.17) is 9.47 Å². The van der Waals surface area contributed by atoms with Crippen LogP contribution in [0.2, 0.25) is 0 Å². The lowest BCUT2D eigenvalue weighted by Crippen LogP contribution is -2.41. The van der Waals surface area contributed by atoms with Crippen LogP contribution in [0, 0.1) is 0 Å². The van der Waals surface area contributed by atoms with Gasteiger partial charge in [0.1, 0.15) is 18.1 Å². The Morgan fingerprint density at radius 3 is 2.37 bits per heavy atom. The van der Waals surface area contributed by atoms with Gasteiger partial charge in [-0.2, -0.15) is 0 Å². The molecule has 0 fully saturated rings. The fourth-order valence-corrected chi connectivity index (χ4v) is 3.12. The summed E-state index contributed by atoms with van der Waals surface area (Å²) in [5, 5.41) is 0. The number of carbonyl (C=O) groups is 3. The summed E-state index contributed by atoms with van der Waals surface area (Å²) in [7, 11) is 0. The highest BCUT2D eigenvalue weighted by molar-refractivity contribution is 6.11. The molecule has 4 rings (SSSR count). The molecule has 150 valence electrons. The van der Waals surface area contributed by atoms with Gasteiger partial charge in [0.05, 0.1) is 12.1 Å². The van der Waals surface area contributed by atoms with Gasteiger partial charge in [0.15, 0.2) is 12.4 Å². The molecule has 1 heterocycles. The molecule has 0 unspecified atom stereocenters. The molecule has 30 heavy (non-hydrogen) atoms. The van der Waals surface area contributed by atoms with E-state index in [1.807, 2.05) is 30.3 Å². The first-order chi connectivity index (χ1) is 14.6. The zero-order chi connectivity index (χ0) is 20.9. The van der Waals surface area contributed by atoms with Crippen LogP contribution in [0.3, 0.4) is 0 Å². The first kappa shape index (κ1) is 19.4. The monoisotopic (exact) mass is 401 g/mol. The van der Waals surface area contributed by atoms with Crippen LogP contribution in [0.5, 0.6) is 11.5 Å². The number of para-hydroxylation sites is 1. The van der Waals surface area contributed by atoms with Crippen molar-refractivity contribution < 1.29 is 23.9 Å². The van der Waals surface area contributed by atoms with Crippen molar-refractivity contribution in [3.8, 4) is 11.5 Å². The van der Waals surface area contributed by atoms with E-state index in [0.717, 1.165) is 10.5 Å². The van der Waals surface area contributed by atoms with Crippen LogP contribution >= 0.6 is 0 Å². The molecule has 2 amide bonds. The fraction of sp³-hybridized carbons (Fsp3) is 0.125. The van der Waals surface area contributed by atoms with Gasteiger partial charge in [-0.3, -0.25) is 19.3 Å². The van der Waals surface area contributed by atoms with Gasteiger partial charge in [-0.05, 0) is 42.0 Å². The third-order valence-corrected chi connectivity index (χ3v) is 4.74. The summed E-state index contributed by atoms with van der Waals surface area (Å²) in [6.07, 6.45) is 0. The minimum absolute atomic E-state index is 0.265. The quantitative estimate of drug-likeness (QED) is 0.467. The second-order valence-electron chi connectivity index (χ2n) is 6.79. The number of hydrogen-bond acceptors (Lipinski definition) is 5. The number of ketones is 1. The van der Waals surface area contributed by atoms with Crippen LogP contribution in [0.4, 0.5) is 0 Å². The van der Waals surface area contributed by atoms with Gasteiger partial charge in [-0.15, -0.1) is 0 Å². The van der Waals surface area contributed by atoms with E-state index in [-0.39, 0.29) is 24.5 Å². The molecule has 1 aliphatic heterocycles. The maximum Gasteiger partial charge on any atom is 0.267 e. The fourth-order valence-electron chi connectivity index (χ4n) is 3.12. The Kier molecular flexibility index (Phi) is 5.57. The van der Waals surface area contributed by atoms with Crippen LogP contribution in [0.1, 0.15) is 26.3 Å². The molecule has 6 heteroatoms. The minimum Gasteiger partial charge on any atom is -0.489 e. The van der Waals surface area contributed by atoms with E-state index < -0.39 is 11.8 Å². The Hall–Kier alpha value is -3.93. The molecule has 0 aromatic heterocycles. The summed E-state index contributed by atoms with van der Waals surface area (Å²) in [4.78, 5) is 38.7. The summed E-state index contributed by atoms with van der Waals surface area (Å²) in [5.74, 6) is -0.465. The Morgan fingerprint density at radius 1 is 0.900 bits per heavy atom. The number of ether oxygens (including phenoxy) is 2. The average molecular weight is 401 g/mol. The highest BCUT2D eigenvalue weighted by atomic mass is 16.5. The van der Waals surface area contributed by atoms with Crippen molar-refractivity contribution >= 4 is 17.6 Å². The van der Waals surface area contributed by atoms with Crippen LogP contribution in [0.15, 0.2) is 78.9 Å². The Labute approximate surface area is 173 Å². The third kappa shape index (κ3) is 4.22. The van der Waals surface area contributed by atoms with Gasteiger partial charge >= 0.3 is 0 Å². The molecule has 0 N–H and O–H groups in total. The van der Waals surface area contributed by atoms with Crippen molar-refractivity contribution in [2.75, 3.05) is 13.2 Å². The number of nitrogens with zero attached hydrogens (tertiary/aromatic N) is 1. The highest BCUT2D eigenvalue weighted by Gasteiger charge is 2.31. The number of rotatable bonds is 6. The minimum atomic E-state index is -0.549. The van der Waals surface area contributed by atoms with Crippen LogP contribution in [-0.2, 0) is 11.4 Å². The number of carbonyl (C=O) groups excluding carboxylic acids is 3. The molecule has 0 aliphatic carbocycles. The van der Waals surface area contributed by atoms with Gasteiger partial charge in [0, 0.05) is 5.56 Å². The predicted octanol–water partition coefficient (Wildman–Crippen LogP) is 3.51. The van der Waals surface area contributed by atoms with Crippen molar-refractivity contribution in [1.29, 1.82) is 0 Å². The zero-order valence-electron chi connectivity index (χ0n) is 16.1. The topological polar surface area (TPSA) is 72.9 Å². The second kappa shape index (κ2) is 8.61. The lowest BCUT2D eigenvalue weighted by Gasteiger charge is -2.17. The normalized spacial score (nSPS) is 13.3. The maximum atomic E-state index is 12.7. The lowest BCUT2D eigenvalue weighted by molar-refractivity contribution is -0.129. The second-order valence-corrected chi connectivity index (χ2v) is 6.79. The SMILES string of the molecule is O=C(CN1C(=O)COc2ccccc2C1=O)c1ccc(OCc2ccccc2)cc1. The Balaban J connectivity index is 1.43. The molecule has 0 radical (unpaired) electrons. The van der Waals surface area contributed by atoms with Crippen LogP contribution in [0.25, 0.3) is 0 Å². The maximum absolute atomic E-state index is 12.7. The number of hydrogen-bond donors (Lipinski definition) is 0. The molecule has 0 spiro atoms. The number of fused-ring (bicyclic) bond motifs is 1. The van der Waals surface area contributed by atoms with Gasteiger partial charge in [0.2, 0.25) is 0 Å². The highest BCUT2D eigenvalue weighted by Crippen LogP contribution is 2.23. The predicted molar refractivity (Wildman–Crippen MR) is 110 cm³/mol. The van der Waals surface area contributed by atoms with Gasteiger partial charge in [0.25, 0.3) is 11.8 Å². The summed E-state index contributed by atoms with van der Waals surface area (Å²) < 4.78 is 11.1. The first-order valence-electron chi connectivity index (χ1n) is 9.48. The molecule has 0 saturated heterocycles. The molecule has 0 atom stereocenters. The molecule has 1 aliphatic rings. The molecule has 0 saturated carbocycles. The summed E-state index contributed by atoms with van der Waals surface area (Å²) in [5.41, 5.74) is 1.69. The van der Waals surface area contributed by atoms with Crippen LogP contribution < -0.4 is 9.47 Å². The van der Waals surface area contributed by atoms with Crippen molar-refractivity contribution in [2.24, 2.45) is 0 Å². The molecule has 6 nitrogen and oxygen atoms in total. The van der Waals surface area contributed by atoms with Gasteiger partial charge in [-0.1, -0.05) is 42.5 Å². The smallest absolute Gasteiger partial charge is 0.267 e. The van der Waals surface area contributed by atoms with E-state index in [1.165, 1.54) is 0 Å². The lowest BCUT2D eigenvalue weighted by atomic mass is 10.1. The van der Waals surface area contributed by atoms with Gasteiger partial charge in [-0.25, -0.2) is 0 Å².